The molecule has 0 amide bonds. The van der Waals surface area contributed by atoms with E-state index in [2.05, 4.69) is 77.4 Å². The van der Waals surface area contributed by atoms with Gasteiger partial charge in [0.15, 0.2) is 11.8 Å². The van der Waals surface area contributed by atoms with Gasteiger partial charge < -0.3 is 14.7 Å². The zero-order chi connectivity index (χ0) is 18.2. The highest BCUT2D eigenvalue weighted by molar-refractivity contribution is 5.79. The van der Waals surface area contributed by atoms with Gasteiger partial charge in [0.05, 0.1) is 0 Å². The lowest BCUT2D eigenvalue weighted by molar-refractivity contribution is 0.368. The molecule has 0 spiro atoms. The Balaban J connectivity index is 1.78. The van der Waals surface area contributed by atoms with Gasteiger partial charge in [-0.1, -0.05) is 43.3 Å². The first kappa shape index (κ1) is 19.0. The highest BCUT2D eigenvalue weighted by Crippen LogP contribution is 2.11. The normalized spacial score (nSPS) is 11.8. The zero-order valence-electron chi connectivity index (χ0n) is 15.9. The van der Waals surface area contributed by atoms with Crippen LogP contribution in [-0.2, 0) is 13.0 Å². The largest absolute Gasteiger partial charge is 0.356 e. The third kappa shape index (κ3) is 5.59. The monoisotopic (exact) mass is 343 g/mol. The van der Waals surface area contributed by atoms with Gasteiger partial charge in [0.1, 0.15) is 0 Å². The van der Waals surface area contributed by atoms with E-state index in [9.17, 15) is 0 Å². The molecule has 1 heterocycles. The van der Waals surface area contributed by atoms with Crippen LogP contribution in [0.15, 0.2) is 33.8 Å². The molecule has 25 heavy (non-hydrogen) atoms. The van der Waals surface area contributed by atoms with Crippen molar-refractivity contribution in [1.29, 1.82) is 0 Å². The maximum atomic E-state index is 5.27. The zero-order valence-corrected chi connectivity index (χ0v) is 15.9. The highest BCUT2D eigenvalue weighted by atomic mass is 16.5. The molecule has 0 saturated heterocycles. The predicted molar refractivity (Wildman–Crippen MR) is 101 cm³/mol. The van der Waals surface area contributed by atoms with Crippen molar-refractivity contribution in [2.24, 2.45) is 4.99 Å². The number of aromatic nitrogens is 2. The van der Waals surface area contributed by atoms with Gasteiger partial charge in [-0.05, 0) is 24.5 Å². The molecule has 0 aliphatic carbocycles. The van der Waals surface area contributed by atoms with E-state index in [1.54, 1.807) is 0 Å². The molecular formula is C19H29N5O. The topological polar surface area (TPSA) is 66.5 Å². The highest BCUT2D eigenvalue weighted by Gasteiger charge is 2.10. The smallest absolute Gasteiger partial charge is 0.226 e. The van der Waals surface area contributed by atoms with E-state index in [-0.39, 0.29) is 0 Å². The van der Waals surface area contributed by atoms with E-state index >= 15 is 0 Å². The van der Waals surface area contributed by atoms with Crippen LogP contribution in [0.3, 0.4) is 0 Å². The summed E-state index contributed by atoms with van der Waals surface area (Å²) in [7, 11) is 3.86. The van der Waals surface area contributed by atoms with Gasteiger partial charge in [0.25, 0.3) is 0 Å². The number of aliphatic imine (C=N–C) groups is 1. The van der Waals surface area contributed by atoms with Crippen molar-refractivity contribution in [2.75, 3.05) is 20.6 Å². The van der Waals surface area contributed by atoms with E-state index in [1.807, 2.05) is 7.05 Å². The molecule has 1 N–H and O–H groups in total. The minimum Gasteiger partial charge on any atom is -0.356 e. The molecule has 6 nitrogen and oxygen atoms in total. The second-order valence-electron chi connectivity index (χ2n) is 6.56. The number of hydrogen-bond acceptors (Lipinski definition) is 4. The first-order valence-electron chi connectivity index (χ1n) is 8.80. The maximum Gasteiger partial charge on any atom is 0.226 e. The van der Waals surface area contributed by atoms with Gasteiger partial charge in [0.2, 0.25) is 5.89 Å². The number of hydrogen-bond donors (Lipinski definition) is 1. The van der Waals surface area contributed by atoms with Gasteiger partial charge in [-0.2, -0.15) is 4.98 Å². The molecule has 2 aromatic rings. The molecule has 0 aliphatic rings. The Labute approximate surface area is 150 Å². The number of guanidine groups is 1. The van der Waals surface area contributed by atoms with E-state index < -0.39 is 0 Å². The summed E-state index contributed by atoms with van der Waals surface area (Å²) in [4.78, 5) is 10.9. The van der Waals surface area contributed by atoms with Gasteiger partial charge in [-0.25, -0.2) is 0 Å². The fourth-order valence-electron chi connectivity index (χ4n) is 2.55. The molecule has 0 radical (unpaired) electrons. The Morgan fingerprint density at radius 3 is 2.72 bits per heavy atom. The fraction of sp³-hybridized carbons (Fsp3) is 0.526. The first-order chi connectivity index (χ1) is 12.0. The van der Waals surface area contributed by atoms with Gasteiger partial charge >= 0.3 is 0 Å². The lowest BCUT2D eigenvalue weighted by Crippen LogP contribution is -2.39. The SMILES string of the molecule is CN=C(NCCCc1nc(C(C)C)no1)N(C)Cc1ccccc1C. The molecule has 0 atom stereocenters. The summed E-state index contributed by atoms with van der Waals surface area (Å²) in [6.45, 7) is 7.89. The summed E-state index contributed by atoms with van der Waals surface area (Å²) >= 11 is 0. The Kier molecular flexibility index (Phi) is 6.98. The molecule has 6 heteroatoms. The molecule has 0 fully saturated rings. The second-order valence-corrected chi connectivity index (χ2v) is 6.56. The van der Waals surface area contributed by atoms with E-state index in [0.717, 1.165) is 37.7 Å². The summed E-state index contributed by atoms with van der Waals surface area (Å²) in [6, 6.07) is 8.42. The van der Waals surface area contributed by atoms with Crippen LogP contribution in [0.4, 0.5) is 0 Å². The number of aryl methyl sites for hydroxylation is 2. The Hall–Kier alpha value is -2.37. The van der Waals surface area contributed by atoms with Crippen molar-refractivity contribution < 1.29 is 4.52 Å². The number of benzene rings is 1. The number of nitrogens with zero attached hydrogens (tertiary/aromatic N) is 4. The number of nitrogens with one attached hydrogen (secondary N) is 1. The minimum atomic E-state index is 0.296. The molecule has 1 aromatic heterocycles. The Morgan fingerprint density at radius 2 is 2.08 bits per heavy atom. The summed E-state index contributed by atoms with van der Waals surface area (Å²) < 4.78 is 5.27. The van der Waals surface area contributed by atoms with Crippen molar-refractivity contribution in [3.05, 3.63) is 47.1 Å². The average Bonchev–Trinajstić information content (AvgIpc) is 3.06. The van der Waals surface area contributed by atoms with Gasteiger partial charge in [0, 0.05) is 39.5 Å². The average molecular weight is 343 g/mol. The molecule has 136 valence electrons. The lowest BCUT2D eigenvalue weighted by atomic mass is 10.1. The molecular weight excluding hydrogens is 314 g/mol. The molecule has 0 unspecified atom stereocenters. The molecule has 0 aliphatic heterocycles. The van der Waals surface area contributed by atoms with E-state index in [1.165, 1.54) is 11.1 Å². The van der Waals surface area contributed by atoms with Crippen LogP contribution < -0.4 is 5.32 Å². The summed E-state index contributed by atoms with van der Waals surface area (Å²) in [6.07, 6.45) is 1.68. The Bertz CT molecular complexity index is 693. The minimum absolute atomic E-state index is 0.296. The maximum absolute atomic E-state index is 5.27. The quantitative estimate of drug-likeness (QED) is 0.475. The van der Waals surface area contributed by atoms with E-state index in [4.69, 9.17) is 4.52 Å². The van der Waals surface area contributed by atoms with Crippen LogP contribution >= 0.6 is 0 Å². The first-order valence-corrected chi connectivity index (χ1v) is 8.80. The standard InChI is InChI=1S/C19H29N5O/c1-14(2)18-22-17(25-23-18)11-8-12-21-19(20-4)24(5)13-16-10-7-6-9-15(16)3/h6-7,9-10,14H,8,11-13H2,1-5H3,(H,20,21). The molecule has 0 saturated carbocycles. The van der Waals surface area contributed by atoms with Crippen molar-refractivity contribution in [3.8, 4) is 0 Å². The predicted octanol–water partition coefficient (Wildman–Crippen LogP) is 3.14. The van der Waals surface area contributed by atoms with Crippen molar-refractivity contribution in [3.63, 3.8) is 0 Å². The summed E-state index contributed by atoms with van der Waals surface area (Å²) in [5.41, 5.74) is 2.60. The summed E-state index contributed by atoms with van der Waals surface area (Å²) in [5.74, 6) is 2.66. The molecule has 1 aromatic carbocycles. The van der Waals surface area contributed by atoms with Crippen LogP contribution in [0.25, 0.3) is 0 Å². The van der Waals surface area contributed by atoms with Crippen LogP contribution in [0.2, 0.25) is 0 Å². The van der Waals surface area contributed by atoms with Crippen molar-refractivity contribution in [1.82, 2.24) is 20.4 Å². The van der Waals surface area contributed by atoms with E-state index in [0.29, 0.717) is 11.8 Å². The fourth-order valence-corrected chi connectivity index (χ4v) is 2.55. The van der Waals surface area contributed by atoms with Crippen molar-refractivity contribution >= 4 is 5.96 Å². The second kappa shape index (κ2) is 9.20. The van der Waals surface area contributed by atoms with Gasteiger partial charge in [-0.15, -0.1) is 0 Å². The number of rotatable bonds is 7. The van der Waals surface area contributed by atoms with Crippen LogP contribution in [0.5, 0.6) is 0 Å². The summed E-state index contributed by atoms with van der Waals surface area (Å²) in [5, 5.41) is 7.39. The van der Waals surface area contributed by atoms with Gasteiger partial charge in [-0.3, -0.25) is 4.99 Å². The third-order valence-electron chi connectivity index (χ3n) is 4.09. The van der Waals surface area contributed by atoms with Crippen molar-refractivity contribution in [2.45, 2.75) is 46.1 Å². The molecule has 2 rings (SSSR count). The van der Waals surface area contributed by atoms with Crippen LogP contribution in [0, 0.1) is 6.92 Å². The Morgan fingerprint density at radius 1 is 1.32 bits per heavy atom. The van der Waals surface area contributed by atoms with Crippen LogP contribution in [-0.4, -0.2) is 41.6 Å². The lowest BCUT2D eigenvalue weighted by Gasteiger charge is -2.23. The van der Waals surface area contributed by atoms with Crippen LogP contribution in [0.1, 0.15) is 49.0 Å². The third-order valence-corrected chi connectivity index (χ3v) is 4.09. The molecule has 0 bridgehead atoms.